The highest BCUT2D eigenvalue weighted by atomic mass is 35.5. The number of carbonyl (C=O) groups excluding carboxylic acids is 2. The lowest BCUT2D eigenvalue weighted by molar-refractivity contribution is -0.121. The number of nitrogens with one attached hydrogen (secondary N) is 1. The Morgan fingerprint density at radius 1 is 1.16 bits per heavy atom. The molecule has 0 aromatic heterocycles. The molecule has 2 aliphatic rings. The van der Waals surface area contributed by atoms with E-state index >= 15 is 0 Å². The van der Waals surface area contributed by atoms with Crippen LogP contribution in [0.15, 0.2) is 47.6 Å². The summed E-state index contributed by atoms with van der Waals surface area (Å²) in [4.78, 5) is 24.0. The van der Waals surface area contributed by atoms with Crippen molar-refractivity contribution >= 4 is 23.3 Å². The molecular weight excluding hydrogens is 426 g/mol. The minimum absolute atomic E-state index is 0.142. The van der Waals surface area contributed by atoms with Crippen LogP contribution in [0.3, 0.4) is 0 Å². The second kappa shape index (κ2) is 12.8. The van der Waals surface area contributed by atoms with Crippen LogP contribution in [-0.4, -0.2) is 36.1 Å². The predicted octanol–water partition coefficient (Wildman–Crippen LogP) is 5.16. The zero-order chi connectivity index (χ0) is 22.8. The van der Waals surface area contributed by atoms with Crippen LogP contribution in [0, 0.1) is 5.92 Å². The Kier molecular flexibility index (Phi) is 9.82. The molecule has 2 N–H and O–H groups in total. The second-order valence-corrected chi connectivity index (χ2v) is 9.22. The van der Waals surface area contributed by atoms with Crippen molar-refractivity contribution in [3.63, 3.8) is 0 Å². The monoisotopic (exact) mass is 459 g/mol. The van der Waals surface area contributed by atoms with Gasteiger partial charge in [0.1, 0.15) is 18.5 Å². The molecule has 6 heteroatoms. The topological polar surface area (TPSA) is 75.6 Å². The van der Waals surface area contributed by atoms with Gasteiger partial charge in [0.25, 0.3) is 0 Å². The Hall–Kier alpha value is -2.11. The standard InChI is InChI=1S/C26H34ClNO4/c27-21-11-14-23(15-12-21)32-18-22(29)13-9-20-10-16-25(30)24(20)5-3-1-2-4-6-26(31)28-17-19-7-8-19/h9,11-15,19,22,29H,1-8,10,16-18H2,(H,28,31)/b13-9+. The largest absolute Gasteiger partial charge is 0.491 e. The van der Waals surface area contributed by atoms with E-state index in [9.17, 15) is 14.7 Å². The molecule has 0 aliphatic heterocycles. The maximum Gasteiger partial charge on any atom is 0.220 e. The van der Waals surface area contributed by atoms with Gasteiger partial charge in [-0.15, -0.1) is 0 Å². The van der Waals surface area contributed by atoms with E-state index in [-0.39, 0.29) is 18.3 Å². The zero-order valence-electron chi connectivity index (χ0n) is 18.7. The highest BCUT2D eigenvalue weighted by Crippen LogP contribution is 2.29. The zero-order valence-corrected chi connectivity index (χ0v) is 19.4. The third kappa shape index (κ3) is 8.79. The van der Waals surface area contributed by atoms with E-state index in [2.05, 4.69) is 5.32 Å². The number of ketones is 1. The first-order chi connectivity index (χ1) is 15.5. The van der Waals surface area contributed by atoms with Gasteiger partial charge in [0.2, 0.25) is 5.91 Å². The third-order valence-corrected chi connectivity index (χ3v) is 6.22. The number of carbonyl (C=O) groups is 2. The molecule has 1 unspecified atom stereocenters. The van der Waals surface area contributed by atoms with Crippen molar-refractivity contribution < 1.29 is 19.4 Å². The molecule has 1 aromatic rings. The molecule has 174 valence electrons. The van der Waals surface area contributed by atoms with Gasteiger partial charge in [0.15, 0.2) is 5.78 Å². The molecule has 1 amide bonds. The molecule has 32 heavy (non-hydrogen) atoms. The Morgan fingerprint density at radius 3 is 2.66 bits per heavy atom. The Labute approximate surface area is 195 Å². The van der Waals surface area contributed by atoms with E-state index in [4.69, 9.17) is 16.3 Å². The quantitative estimate of drug-likeness (QED) is 0.377. The number of rotatable bonds is 14. The summed E-state index contributed by atoms with van der Waals surface area (Å²) in [6, 6.07) is 7.00. The number of halogens is 1. The number of amides is 1. The number of hydrogen-bond acceptors (Lipinski definition) is 4. The molecule has 1 atom stereocenters. The summed E-state index contributed by atoms with van der Waals surface area (Å²) in [5.41, 5.74) is 1.93. The van der Waals surface area contributed by atoms with Crippen LogP contribution >= 0.6 is 11.6 Å². The Balaban J connectivity index is 1.34. The number of aliphatic hydroxyl groups excluding tert-OH is 1. The molecule has 1 fully saturated rings. The van der Waals surface area contributed by atoms with Crippen LogP contribution in [0.5, 0.6) is 5.75 Å². The average Bonchev–Trinajstić information content (AvgIpc) is 3.55. The lowest BCUT2D eigenvalue weighted by atomic mass is 10.0. The number of hydrogen-bond donors (Lipinski definition) is 2. The van der Waals surface area contributed by atoms with Gasteiger partial charge >= 0.3 is 0 Å². The minimum atomic E-state index is -0.749. The first-order valence-electron chi connectivity index (χ1n) is 11.8. The summed E-state index contributed by atoms with van der Waals surface area (Å²) >= 11 is 5.85. The summed E-state index contributed by atoms with van der Waals surface area (Å²) in [5.74, 6) is 1.75. The molecule has 0 heterocycles. The number of aliphatic hydroxyl groups is 1. The number of Topliss-reactive ketones (excluding diaryl/α,β-unsaturated/α-hetero) is 1. The van der Waals surface area contributed by atoms with E-state index in [1.54, 1.807) is 30.3 Å². The summed E-state index contributed by atoms with van der Waals surface area (Å²) in [6.45, 7) is 0.982. The average molecular weight is 460 g/mol. The van der Waals surface area contributed by atoms with Crippen molar-refractivity contribution in [2.75, 3.05) is 13.2 Å². The minimum Gasteiger partial charge on any atom is -0.491 e. The fraction of sp³-hybridized carbons (Fsp3) is 0.538. The van der Waals surface area contributed by atoms with Gasteiger partial charge in [-0.1, -0.05) is 36.6 Å². The summed E-state index contributed by atoms with van der Waals surface area (Å²) < 4.78 is 5.56. The lowest BCUT2D eigenvalue weighted by Crippen LogP contribution is -2.25. The van der Waals surface area contributed by atoms with Gasteiger partial charge in [-0.3, -0.25) is 9.59 Å². The molecule has 5 nitrogen and oxygen atoms in total. The number of ether oxygens (including phenoxy) is 1. The molecule has 2 aliphatic carbocycles. The van der Waals surface area contributed by atoms with Crippen molar-refractivity contribution in [3.05, 3.63) is 52.6 Å². The molecular formula is C26H34ClNO4. The van der Waals surface area contributed by atoms with Gasteiger partial charge in [-0.05, 0) is 79.9 Å². The van der Waals surface area contributed by atoms with E-state index in [0.29, 0.717) is 23.6 Å². The van der Waals surface area contributed by atoms with Crippen molar-refractivity contribution in [1.29, 1.82) is 0 Å². The van der Waals surface area contributed by atoms with Crippen molar-refractivity contribution in [2.45, 2.75) is 70.3 Å². The van der Waals surface area contributed by atoms with E-state index < -0.39 is 6.10 Å². The number of benzene rings is 1. The lowest BCUT2D eigenvalue weighted by Gasteiger charge is -2.09. The third-order valence-electron chi connectivity index (χ3n) is 5.97. The molecule has 0 bridgehead atoms. The molecule has 3 rings (SSSR count). The number of allylic oxidation sites excluding steroid dienone is 3. The maximum atomic E-state index is 12.3. The molecule has 1 saturated carbocycles. The van der Waals surface area contributed by atoms with Gasteiger partial charge in [-0.25, -0.2) is 0 Å². The molecule has 1 aromatic carbocycles. The van der Waals surface area contributed by atoms with Crippen LogP contribution in [0.1, 0.15) is 64.2 Å². The Bertz CT molecular complexity index is 827. The van der Waals surface area contributed by atoms with Crippen LogP contribution < -0.4 is 10.1 Å². The second-order valence-electron chi connectivity index (χ2n) is 8.78. The first kappa shape index (κ1) is 24.5. The first-order valence-corrected chi connectivity index (χ1v) is 12.2. The predicted molar refractivity (Wildman–Crippen MR) is 127 cm³/mol. The normalized spacial score (nSPS) is 17.2. The van der Waals surface area contributed by atoms with Crippen LogP contribution in [0.4, 0.5) is 0 Å². The van der Waals surface area contributed by atoms with E-state index in [1.165, 1.54) is 12.8 Å². The van der Waals surface area contributed by atoms with Crippen molar-refractivity contribution in [2.24, 2.45) is 5.92 Å². The van der Waals surface area contributed by atoms with Crippen LogP contribution in [0.2, 0.25) is 5.02 Å². The van der Waals surface area contributed by atoms with Gasteiger partial charge in [0, 0.05) is 24.4 Å². The fourth-order valence-corrected chi connectivity index (χ4v) is 3.94. The van der Waals surface area contributed by atoms with Gasteiger partial charge in [0.05, 0.1) is 0 Å². The SMILES string of the molecule is O=C(CCCCCCC1=C(/C=C/C(O)COc2ccc(Cl)cc2)CCC1=O)NCC1CC1. The van der Waals surface area contributed by atoms with Gasteiger partial charge < -0.3 is 15.2 Å². The summed E-state index contributed by atoms with van der Waals surface area (Å²) in [6.07, 6.45) is 11.8. The van der Waals surface area contributed by atoms with Crippen LogP contribution in [-0.2, 0) is 9.59 Å². The molecule has 0 radical (unpaired) electrons. The van der Waals surface area contributed by atoms with Gasteiger partial charge in [-0.2, -0.15) is 0 Å². The Morgan fingerprint density at radius 2 is 1.91 bits per heavy atom. The number of unbranched alkanes of at least 4 members (excludes halogenated alkanes) is 3. The van der Waals surface area contributed by atoms with Crippen molar-refractivity contribution in [3.8, 4) is 5.75 Å². The smallest absolute Gasteiger partial charge is 0.220 e. The van der Waals surface area contributed by atoms with E-state index in [0.717, 1.165) is 62.1 Å². The van der Waals surface area contributed by atoms with Crippen molar-refractivity contribution in [1.82, 2.24) is 5.32 Å². The molecule has 0 spiro atoms. The summed E-state index contributed by atoms with van der Waals surface area (Å²) in [5, 5.41) is 13.8. The highest BCUT2D eigenvalue weighted by molar-refractivity contribution is 6.30. The summed E-state index contributed by atoms with van der Waals surface area (Å²) in [7, 11) is 0. The van der Waals surface area contributed by atoms with Crippen LogP contribution in [0.25, 0.3) is 0 Å². The molecule has 0 saturated heterocycles. The maximum absolute atomic E-state index is 12.3. The van der Waals surface area contributed by atoms with E-state index in [1.807, 2.05) is 6.08 Å². The highest BCUT2D eigenvalue weighted by Gasteiger charge is 2.22. The fourth-order valence-electron chi connectivity index (χ4n) is 3.82.